The van der Waals surface area contributed by atoms with E-state index in [-0.39, 0.29) is 5.91 Å². The van der Waals surface area contributed by atoms with Crippen LogP contribution in [0.25, 0.3) is 0 Å². The van der Waals surface area contributed by atoms with Crippen LogP contribution < -0.4 is 4.74 Å². The van der Waals surface area contributed by atoms with Gasteiger partial charge in [-0.1, -0.05) is 58.0 Å². The molecule has 0 N–H and O–H groups in total. The van der Waals surface area contributed by atoms with Crippen molar-refractivity contribution in [2.45, 2.75) is 24.5 Å². The van der Waals surface area contributed by atoms with E-state index in [0.717, 1.165) is 20.8 Å². The molecular formula is C20H19BrN2O2S. The lowest BCUT2D eigenvalue weighted by atomic mass is 9.74. The first-order chi connectivity index (χ1) is 12.4. The van der Waals surface area contributed by atoms with Crippen molar-refractivity contribution in [2.24, 2.45) is 4.99 Å². The smallest absolute Gasteiger partial charge is 0.261 e. The van der Waals surface area contributed by atoms with Gasteiger partial charge in [-0.3, -0.25) is 9.69 Å². The maximum absolute atomic E-state index is 13.4. The molecule has 0 bridgehead atoms. The summed E-state index contributed by atoms with van der Waals surface area (Å²) in [6, 6.07) is 15.9. The van der Waals surface area contributed by atoms with Gasteiger partial charge in [0.2, 0.25) is 0 Å². The molecule has 1 amide bonds. The van der Waals surface area contributed by atoms with Gasteiger partial charge in [0.1, 0.15) is 11.4 Å². The van der Waals surface area contributed by atoms with Crippen molar-refractivity contribution in [1.29, 1.82) is 0 Å². The summed E-state index contributed by atoms with van der Waals surface area (Å²) in [7, 11) is 1.79. The van der Waals surface area contributed by atoms with Gasteiger partial charge in [-0.2, -0.15) is 0 Å². The monoisotopic (exact) mass is 430 g/mol. The van der Waals surface area contributed by atoms with E-state index >= 15 is 0 Å². The van der Waals surface area contributed by atoms with E-state index in [0.29, 0.717) is 12.2 Å². The summed E-state index contributed by atoms with van der Waals surface area (Å²) in [5.41, 5.74) is 0.253. The third-order valence-corrected chi connectivity index (χ3v) is 6.34. The van der Waals surface area contributed by atoms with E-state index in [9.17, 15) is 4.79 Å². The number of likely N-dealkylation sites (N-methyl/N-ethyl adjacent to an activating group) is 1. The molecule has 0 aliphatic carbocycles. The number of nitrogens with zero attached hydrogens (tertiary/aromatic N) is 2. The molecule has 0 fully saturated rings. The van der Waals surface area contributed by atoms with Crippen molar-refractivity contribution in [1.82, 2.24) is 4.90 Å². The minimum Gasteiger partial charge on any atom is -0.482 e. The van der Waals surface area contributed by atoms with E-state index in [4.69, 9.17) is 9.73 Å². The fraction of sp³-hybridized carbons (Fsp3) is 0.300. The van der Waals surface area contributed by atoms with Crippen LogP contribution in [0.3, 0.4) is 0 Å². The third-order valence-electron chi connectivity index (χ3n) is 5.11. The van der Waals surface area contributed by atoms with Crippen LogP contribution in [0.4, 0.5) is 0 Å². The standard InChI is InChI=1S/C20H19BrN2O2S/c1-19(13-7-5-4-6-8-13)12-20(17(24)23(2)18(22-20)26-3)15-11-14(21)9-10-16(15)25-19/h4-11H,12H2,1-3H3/t19-,20-/m0/s1. The number of thioether (sulfide) groups is 1. The molecule has 2 aliphatic heterocycles. The largest absolute Gasteiger partial charge is 0.482 e. The second kappa shape index (κ2) is 6.13. The number of hydrogen-bond acceptors (Lipinski definition) is 4. The molecule has 2 aromatic carbocycles. The lowest BCUT2D eigenvalue weighted by Crippen LogP contribution is -2.48. The molecule has 0 aromatic heterocycles. The summed E-state index contributed by atoms with van der Waals surface area (Å²) >= 11 is 5.02. The van der Waals surface area contributed by atoms with E-state index in [1.807, 2.05) is 61.7 Å². The number of rotatable bonds is 1. The van der Waals surface area contributed by atoms with Crippen molar-refractivity contribution in [3.63, 3.8) is 0 Å². The predicted molar refractivity (Wildman–Crippen MR) is 109 cm³/mol. The molecule has 2 atom stereocenters. The average molecular weight is 431 g/mol. The Labute approximate surface area is 165 Å². The number of benzene rings is 2. The summed E-state index contributed by atoms with van der Waals surface area (Å²) in [4.78, 5) is 19.9. The van der Waals surface area contributed by atoms with Crippen molar-refractivity contribution in [3.8, 4) is 5.75 Å². The van der Waals surface area contributed by atoms with Crippen molar-refractivity contribution in [3.05, 3.63) is 64.1 Å². The second-order valence-corrected chi connectivity index (χ2v) is 8.53. The number of amides is 1. The summed E-state index contributed by atoms with van der Waals surface area (Å²) in [5.74, 6) is 0.699. The fourth-order valence-corrected chi connectivity index (χ4v) is 4.82. The van der Waals surface area contributed by atoms with Crippen molar-refractivity contribution < 1.29 is 9.53 Å². The van der Waals surface area contributed by atoms with Crippen molar-refractivity contribution >= 4 is 38.8 Å². The molecule has 4 nitrogen and oxygen atoms in total. The first kappa shape index (κ1) is 17.6. The Balaban J connectivity index is 1.95. The van der Waals surface area contributed by atoms with E-state index in [1.54, 1.807) is 11.9 Å². The highest BCUT2D eigenvalue weighted by Crippen LogP contribution is 2.53. The number of fused-ring (bicyclic) bond motifs is 2. The van der Waals surface area contributed by atoms with Gasteiger partial charge in [-0.15, -0.1) is 0 Å². The Morgan fingerprint density at radius 2 is 1.96 bits per heavy atom. The van der Waals surface area contributed by atoms with Gasteiger partial charge < -0.3 is 4.74 Å². The average Bonchev–Trinajstić information content (AvgIpc) is 2.88. The van der Waals surface area contributed by atoms with Crippen LogP contribution in [-0.4, -0.2) is 29.3 Å². The molecule has 0 saturated carbocycles. The lowest BCUT2D eigenvalue weighted by molar-refractivity contribution is -0.134. The van der Waals surface area contributed by atoms with Gasteiger partial charge in [-0.25, -0.2) is 4.99 Å². The zero-order chi connectivity index (χ0) is 18.5. The molecule has 0 radical (unpaired) electrons. The lowest BCUT2D eigenvalue weighted by Gasteiger charge is -2.43. The number of carbonyl (C=O) groups is 1. The Morgan fingerprint density at radius 1 is 1.23 bits per heavy atom. The number of amidine groups is 1. The summed E-state index contributed by atoms with van der Waals surface area (Å²) in [6.07, 6.45) is 2.40. The zero-order valence-corrected chi connectivity index (χ0v) is 17.2. The van der Waals surface area contributed by atoms with Crippen LogP contribution in [0.1, 0.15) is 24.5 Å². The third kappa shape index (κ3) is 2.50. The van der Waals surface area contributed by atoms with Crippen LogP contribution >= 0.6 is 27.7 Å². The zero-order valence-electron chi connectivity index (χ0n) is 14.8. The molecule has 2 aliphatic rings. The number of aliphatic imine (C=N–C) groups is 1. The van der Waals surface area contributed by atoms with Crippen LogP contribution in [0, 0.1) is 0 Å². The van der Waals surface area contributed by atoms with Gasteiger partial charge in [0.15, 0.2) is 10.7 Å². The summed E-state index contributed by atoms with van der Waals surface area (Å²) < 4.78 is 7.34. The van der Waals surface area contributed by atoms with E-state index < -0.39 is 11.1 Å². The molecule has 134 valence electrons. The quantitative estimate of drug-likeness (QED) is 0.666. The van der Waals surface area contributed by atoms with Gasteiger partial charge >= 0.3 is 0 Å². The predicted octanol–water partition coefficient (Wildman–Crippen LogP) is 4.53. The van der Waals surface area contributed by atoms with Gasteiger partial charge in [0, 0.05) is 23.5 Å². The first-order valence-corrected chi connectivity index (χ1v) is 10.4. The molecule has 0 saturated heterocycles. The molecule has 1 spiro atoms. The maximum Gasteiger partial charge on any atom is 0.261 e. The normalized spacial score (nSPS) is 27.3. The number of halogens is 1. The molecule has 26 heavy (non-hydrogen) atoms. The highest BCUT2D eigenvalue weighted by Gasteiger charge is 2.57. The van der Waals surface area contributed by atoms with Crippen LogP contribution in [0.2, 0.25) is 0 Å². The maximum atomic E-state index is 13.4. The summed E-state index contributed by atoms with van der Waals surface area (Å²) in [5, 5.41) is 0.734. The molecule has 2 heterocycles. The second-order valence-electron chi connectivity index (χ2n) is 6.84. The Bertz CT molecular complexity index is 917. The minimum atomic E-state index is -0.963. The topological polar surface area (TPSA) is 41.9 Å². The Morgan fingerprint density at radius 3 is 2.62 bits per heavy atom. The van der Waals surface area contributed by atoms with E-state index in [1.165, 1.54) is 11.8 Å². The Hall–Kier alpha value is -1.79. The Kier molecular flexibility index (Phi) is 4.15. The fourth-order valence-electron chi connectivity index (χ4n) is 3.85. The number of ether oxygens (including phenoxy) is 1. The molecule has 4 rings (SSSR count). The van der Waals surface area contributed by atoms with Crippen molar-refractivity contribution in [2.75, 3.05) is 13.3 Å². The molecular weight excluding hydrogens is 412 g/mol. The SMILES string of the molecule is CSC1=N[C@]2(C[C@@](C)(c3ccccc3)Oc3ccc(Br)cc32)C(=O)N1C. The van der Waals surface area contributed by atoms with Gasteiger partial charge in [0.05, 0.1) is 0 Å². The van der Waals surface area contributed by atoms with Crippen LogP contribution in [0.15, 0.2) is 58.0 Å². The number of carbonyl (C=O) groups excluding carboxylic acids is 1. The van der Waals surface area contributed by atoms with Crippen LogP contribution in [0.5, 0.6) is 5.75 Å². The van der Waals surface area contributed by atoms with Crippen LogP contribution in [-0.2, 0) is 15.9 Å². The number of hydrogen-bond donors (Lipinski definition) is 0. The summed E-state index contributed by atoms with van der Waals surface area (Å²) in [6.45, 7) is 2.04. The highest BCUT2D eigenvalue weighted by atomic mass is 79.9. The molecule has 6 heteroatoms. The van der Waals surface area contributed by atoms with Gasteiger partial charge in [0.25, 0.3) is 5.91 Å². The highest BCUT2D eigenvalue weighted by molar-refractivity contribution is 9.10. The minimum absolute atomic E-state index is 0.00773. The molecule has 0 unspecified atom stereocenters. The van der Waals surface area contributed by atoms with E-state index in [2.05, 4.69) is 15.9 Å². The molecule has 2 aromatic rings. The van der Waals surface area contributed by atoms with Gasteiger partial charge in [-0.05, 0) is 36.9 Å². The first-order valence-electron chi connectivity index (χ1n) is 8.36.